The van der Waals surface area contributed by atoms with Crippen LogP contribution in [-0.4, -0.2) is 27.3 Å². The number of hydrogen-bond donors (Lipinski definition) is 0. The Morgan fingerprint density at radius 2 is 1.83 bits per heavy atom. The van der Waals surface area contributed by atoms with Crippen molar-refractivity contribution in [2.75, 3.05) is 21.3 Å². The minimum Gasteiger partial charge on any atom is -0.465 e. The van der Waals surface area contributed by atoms with Gasteiger partial charge in [0.25, 0.3) is 0 Å². The van der Waals surface area contributed by atoms with E-state index < -0.39 is 19.4 Å². The minimum absolute atomic E-state index is 0.123. The van der Waals surface area contributed by atoms with E-state index in [2.05, 4.69) is 13.8 Å². The predicted octanol–water partition coefficient (Wildman–Crippen LogP) is 2.67. The highest BCUT2D eigenvalue weighted by atomic mass is 31.2. The van der Waals surface area contributed by atoms with Gasteiger partial charge in [-0.3, -0.25) is 9.05 Å². The number of methoxy groups -OCH3 is 1. The van der Waals surface area contributed by atoms with Crippen LogP contribution in [0.25, 0.3) is 11.0 Å². The van der Waals surface area contributed by atoms with Crippen LogP contribution < -0.4 is 10.1 Å². The number of phosphoric acid groups is 1. The molecule has 0 spiro atoms. The van der Waals surface area contributed by atoms with Crippen LogP contribution in [-0.2, 0) is 18.3 Å². The van der Waals surface area contributed by atoms with Crippen LogP contribution in [0.5, 0.6) is 5.75 Å². The van der Waals surface area contributed by atoms with Crippen molar-refractivity contribution in [2.24, 2.45) is 0 Å². The van der Waals surface area contributed by atoms with E-state index in [1.54, 1.807) is 13.0 Å². The van der Waals surface area contributed by atoms with Crippen molar-refractivity contribution in [2.45, 2.75) is 6.92 Å². The van der Waals surface area contributed by atoms with E-state index in [-0.39, 0.29) is 16.9 Å². The fraction of sp³-hybridized carbons (Fsp3) is 0.286. The quantitative estimate of drug-likeness (QED) is 0.464. The molecule has 0 saturated heterocycles. The Morgan fingerprint density at radius 1 is 1.17 bits per heavy atom. The molecular formula is C14H15O8P. The number of rotatable bonds is 5. The molecule has 0 N–H and O–H groups in total. The monoisotopic (exact) mass is 342 g/mol. The molecule has 0 aliphatic carbocycles. The lowest BCUT2D eigenvalue weighted by Gasteiger charge is -2.14. The number of phosphoric ester groups is 1. The molecule has 0 aliphatic rings. The largest absolute Gasteiger partial charge is 0.529 e. The molecule has 0 aliphatic heterocycles. The number of hydrogen-bond acceptors (Lipinski definition) is 8. The third kappa shape index (κ3) is 3.29. The van der Waals surface area contributed by atoms with Crippen LogP contribution in [0.2, 0.25) is 0 Å². The number of carbonyl (C=O) groups excluding carboxylic acids is 1. The summed E-state index contributed by atoms with van der Waals surface area (Å²) in [5, 5.41) is 0.516. The van der Waals surface area contributed by atoms with E-state index in [9.17, 15) is 14.2 Å². The van der Waals surface area contributed by atoms with Gasteiger partial charge in [-0.2, -0.15) is 0 Å². The second-order valence-electron chi connectivity index (χ2n) is 4.44. The fourth-order valence-electron chi connectivity index (χ4n) is 2.01. The molecule has 0 bridgehead atoms. The molecule has 1 aromatic carbocycles. The Labute approximate surface area is 131 Å². The van der Waals surface area contributed by atoms with Crippen molar-refractivity contribution in [3.63, 3.8) is 0 Å². The van der Waals surface area contributed by atoms with Crippen LogP contribution in [0.3, 0.4) is 0 Å². The highest BCUT2D eigenvalue weighted by Gasteiger charge is 2.25. The molecule has 0 radical (unpaired) electrons. The zero-order valence-corrected chi connectivity index (χ0v) is 13.8. The second-order valence-corrected chi connectivity index (χ2v) is 6.25. The molecule has 0 unspecified atom stereocenters. The molecule has 1 aromatic heterocycles. The fourth-order valence-corrected chi connectivity index (χ4v) is 2.68. The Morgan fingerprint density at radius 3 is 2.39 bits per heavy atom. The summed E-state index contributed by atoms with van der Waals surface area (Å²) < 4.78 is 36.1. The lowest BCUT2D eigenvalue weighted by atomic mass is 10.1. The van der Waals surface area contributed by atoms with E-state index >= 15 is 0 Å². The first kappa shape index (κ1) is 17.2. The maximum absolute atomic E-state index is 12.0. The van der Waals surface area contributed by atoms with E-state index in [0.29, 0.717) is 10.9 Å². The molecule has 124 valence electrons. The Balaban J connectivity index is 2.56. The lowest BCUT2D eigenvalue weighted by molar-refractivity contribution is 0.0595. The average Bonchev–Trinajstić information content (AvgIpc) is 2.54. The zero-order valence-electron chi connectivity index (χ0n) is 12.9. The average molecular weight is 342 g/mol. The van der Waals surface area contributed by atoms with E-state index in [4.69, 9.17) is 8.94 Å². The Kier molecular flexibility index (Phi) is 4.89. The van der Waals surface area contributed by atoms with Gasteiger partial charge in [-0.1, -0.05) is 0 Å². The molecule has 2 aromatic rings. The predicted molar refractivity (Wildman–Crippen MR) is 80.8 cm³/mol. The van der Waals surface area contributed by atoms with Crippen LogP contribution in [0, 0.1) is 6.92 Å². The number of fused-ring (bicyclic) bond motifs is 1. The third-order valence-corrected chi connectivity index (χ3v) is 4.52. The Hall–Kier alpha value is -2.15. The SMILES string of the molecule is COC(=O)c1c(C)c2ccc(OP(=O)(OC)OC)cc2oc1=O. The van der Waals surface area contributed by atoms with Crippen molar-refractivity contribution in [1.29, 1.82) is 0 Å². The molecule has 9 heteroatoms. The number of esters is 1. The molecule has 0 saturated carbocycles. The standard InChI is InChI=1S/C14H15O8P/c1-8-10-6-5-9(22-23(17,19-3)20-4)7-11(10)21-14(16)12(8)13(15)18-2/h5-7H,1-4H3. The van der Waals surface area contributed by atoms with Gasteiger partial charge in [0.15, 0.2) is 0 Å². The van der Waals surface area contributed by atoms with Crippen LogP contribution in [0.1, 0.15) is 15.9 Å². The van der Waals surface area contributed by atoms with Gasteiger partial charge in [0.2, 0.25) is 0 Å². The zero-order chi connectivity index (χ0) is 17.2. The minimum atomic E-state index is -3.73. The third-order valence-electron chi connectivity index (χ3n) is 3.19. The molecule has 0 amide bonds. The van der Waals surface area contributed by atoms with Crippen LogP contribution in [0.15, 0.2) is 27.4 Å². The highest BCUT2D eigenvalue weighted by molar-refractivity contribution is 7.48. The first-order chi connectivity index (χ1) is 10.8. The summed E-state index contributed by atoms with van der Waals surface area (Å²) in [5.74, 6) is -0.653. The topological polar surface area (TPSA) is 101 Å². The molecule has 1 heterocycles. The first-order valence-corrected chi connectivity index (χ1v) is 7.88. The van der Waals surface area contributed by atoms with Gasteiger partial charge < -0.3 is 13.7 Å². The molecule has 0 fully saturated rings. The lowest BCUT2D eigenvalue weighted by Crippen LogP contribution is -2.17. The number of carbonyl (C=O) groups is 1. The number of ether oxygens (including phenoxy) is 1. The van der Waals surface area contributed by atoms with Crippen molar-refractivity contribution < 1.29 is 32.1 Å². The van der Waals surface area contributed by atoms with E-state index in [1.165, 1.54) is 33.5 Å². The molecule has 0 atom stereocenters. The second kappa shape index (κ2) is 6.54. The van der Waals surface area contributed by atoms with E-state index in [0.717, 1.165) is 0 Å². The summed E-state index contributed by atoms with van der Waals surface area (Å²) in [6.45, 7) is 1.60. The number of benzene rings is 1. The summed E-state index contributed by atoms with van der Waals surface area (Å²) in [4.78, 5) is 23.6. The van der Waals surface area contributed by atoms with Gasteiger partial charge in [0.1, 0.15) is 16.9 Å². The van der Waals surface area contributed by atoms with Gasteiger partial charge in [-0.15, -0.1) is 0 Å². The van der Waals surface area contributed by atoms with Gasteiger partial charge in [-0.05, 0) is 24.6 Å². The van der Waals surface area contributed by atoms with E-state index in [1.807, 2.05) is 0 Å². The molecule has 8 nitrogen and oxygen atoms in total. The number of aryl methyl sites for hydroxylation is 1. The summed E-state index contributed by atoms with van der Waals surface area (Å²) in [7, 11) is -0.195. The molecular weight excluding hydrogens is 327 g/mol. The van der Waals surface area contributed by atoms with Crippen molar-refractivity contribution in [3.05, 3.63) is 39.7 Å². The highest BCUT2D eigenvalue weighted by Crippen LogP contribution is 2.48. The van der Waals surface area contributed by atoms with Crippen molar-refractivity contribution in [1.82, 2.24) is 0 Å². The van der Waals surface area contributed by atoms with Gasteiger partial charge in [0, 0.05) is 25.7 Å². The molecule has 23 heavy (non-hydrogen) atoms. The van der Waals surface area contributed by atoms with Crippen LogP contribution >= 0.6 is 7.82 Å². The summed E-state index contributed by atoms with van der Waals surface area (Å²) in [5.41, 5.74) is -0.429. The summed E-state index contributed by atoms with van der Waals surface area (Å²) in [6, 6.07) is 4.40. The maximum atomic E-state index is 12.0. The summed E-state index contributed by atoms with van der Waals surface area (Å²) in [6.07, 6.45) is 0. The smallest absolute Gasteiger partial charge is 0.465 e. The maximum Gasteiger partial charge on any atom is 0.529 e. The first-order valence-electron chi connectivity index (χ1n) is 6.42. The van der Waals surface area contributed by atoms with Crippen molar-refractivity contribution in [3.8, 4) is 5.75 Å². The molecule has 2 rings (SSSR count). The van der Waals surface area contributed by atoms with Gasteiger partial charge >= 0.3 is 19.4 Å². The Bertz CT molecular complexity index is 846. The van der Waals surface area contributed by atoms with Gasteiger partial charge in [-0.25, -0.2) is 14.2 Å². The normalized spacial score (nSPS) is 11.5. The van der Waals surface area contributed by atoms with Gasteiger partial charge in [0.05, 0.1) is 7.11 Å². The summed E-state index contributed by atoms with van der Waals surface area (Å²) >= 11 is 0. The van der Waals surface area contributed by atoms with Crippen molar-refractivity contribution >= 4 is 24.8 Å². The van der Waals surface area contributed by atoms with Crippen LogP contribution in [0.4, 0.5) is 0 Å².